The van der Waals surface area contributed by atoms with Gasteiger partial charge in [-0.1, -0.05) is 73.5 Å². The molecule has 1 N–H and O–H groups in total. The van der Waals surface area contributed by atoms with Gasteiger partial charge in [-0.25, -0.2) is 4.79 Å². The Labute approximate surface area is 177 Å². The topological polar surface area (TPSA) is 66.8 Å². The second-order valence-corrected chi connectivity index (χ2v) is 8.36. The number of hydrogen-bond acceptors (Lipinski definition) is 4. The zero-order valence-corrected chi connectivity index (χ0v) is 17.2. The Morgan fingerprint density at radius 2 is 1.47 bits per heavy atom. The number of fused-ring (bicyclic) bond motifs is 1. The molecule has 0 radical (unpaired) electrons. The number of likely N-dealkylation sites (tertiary alicyclic amines) is 1. The van der Waals surface area contributed by atoms with Crippen molar-refractivity contribution in [3.63, 3.8) is 0 Å². The zero-order valence-electron chi connectivity index (χ0n) is 17.2. The van der Waals surface area contributed by atoms with Gasteiger partial charge in [0.2, 0.25) is 5.60 Å². The molecule has 1 amide bonds. The largest absolute Gasteiger partial charge is 0.453 e. The third-order valence-electron chi connectivity index (χ3n) is 6.57. The fourth-order valence-electron chi connectivity index (χ4n) is 5.01. The number of hydrogen-bond donors (Lipinski definition) is 1. The normalized spacial score (nSPS) is 21.6. The highest BCUT2D eigenvalue weighted by molar-refractivity contribution is 5.88. The SMILES string of the molecule is O=C(COC(=O)C(O)(c1ccccc1)c1ccccc1)N1CCC[C@H]2CCCC[C@@H]21. The van der Waals surface area contributed by atoms with Gasteiger partial charge in [-0.3, -0.25) is 4.79 Å². The molecule has 1 heterocycles. The molecule has 5 nitrogen and oxygen atoms in total. The lowest BCUT2D eigenvalue weighted by Gasteiger charge is -2.44. The summed E-state index contributed by atoms with van der Waals surface area (Å²) in [5, 5.41) is 11.4. The minimum absolute atomic E-state index is 0.163. The van der Waals surface area contributed by atoms with E-state index in [9.17, 15) is 14.7 Å². The molecule has 1 saturated carbocycles. The molecule has 2 fully saturated rings. The third-order valence-corrected chi connectivity index (χ3v) is 6.57. The Balaban J connectivity index is 1.50. The number of nitrogens with zero attached hydrogens (tertiary/aromatic N) is 1. The molecular formula is C25H29NO4. The van der Waals surface area contributed by atoms with E-state index in [0.29, 0.717) is 17.0 Å². The second kappa shape index (κ2) is 9.00. The van der Waals surface area contributed by atoms with E-state index in [1.165, 1.54) is 19.3 Å². The molecular weight excluding hydrogens is 378 g/mol. The first kappa shape index (κ1) is 20.6. The lowest BCUT2D eigenvalue weighted by atomic mass is 9.78. The fourth-order valence-corrected chi connectivity index (χ4v) is 5.01. The lowest BCUT2D eigenvalue weighted by molar-refractivity contribution is -0.167. The van der Waals surface area contributed by atoms with Gasteiger partial charge in [-0.05, 0) is 42.7 Å². The van der Waals surface area contributed by atoms with E-state index in [4.69, 9.17) is 4.74 Å². The molecule has 2 aromatic rings. The molecule has 2 aliphatic rings. The summed E-state index contributed by atoms with van der Waals surface area (Å²) in [5.74, 6) is -0.424. The van der Waals surface area contributed by atoms with Crippen molar-refractivity contribution in [3.05, 3.63) is 71.8 Å². The lowest BCUT2D eigenvalue weighted by Crippen LogP contribution is -2.51. The van der Waals surface area contributed by atoms with Crippen molar-refractivity contribution in [2.75, 3.05) is 13.2 Å². The number of carbonyl (C=O) groups excluding carboxylic acids is 2. The van der Waals surface area contributed by atoms with Crippen LogP contribution in [0.2, 0.25) is 0 Å². The summed E-state index contributed by atoms with van der Waals surface area (Å²) in [4.78, 5) is 27.9. The summed E-state index contributed by atoms with van der Waals surface area (Å²) >= 11 is 0. The van der Waals surface area contributed by atoms with E-state index >= 15 is 0 Å². The van der Waals surface area contributed by atoms with Gasteiger partial charge in [0.15, 0.2) is 6.61 Å². The zero-order chi connectivity index (χ0) is 21.0. The van der Waals surface area contributed by atoms with Crippen LogP contribution in [0.25, 0.3) is 0 Å². The van der Waals surface area contributed by atoms with E-state index in [-0.39, 0.29) is 18.6 Å². The third kappa shape index (κ3) is 3.99. The molecule has 5 heteroatoms. The monoisotopic (exact) mass is 407 g/mol. The second-order valence-electron chi connectivity index (χ2n) is 8.36. The van der Waals surface area contributed by atoms with Gasteiger partial charge in [0.1, 0.15) is 0 Å². The highest BCUT2D eigenvalue weighted by atomic mass is 16.6. The molecule has 1 aliphatic heterocycles. The molecule has 1 aliphatic carbocycles. The van der Waals surface area contributed by atoms with E-state index < -0.39 is 11.6 Å². The van der Waals surface area contributed by atoms with Gasteiger partial charge >= 0.3 is 5.97 Å². The predicted octanol–water partition coefficient (Wildman–Crippen LogP) is 3.65. The maximum atomic E-state index is 13.1. The van der Waals surface area contributed by atoms with Gasteiger partial charge in [0.05, 0.1) is 0 Å². The first-order chi connectivity index (χ1) is 14.6. The van der Waals surface area contributed by atoms with Crippen LogP contribution in [-0.4, -0.2) is 41.1 Å². The average molecular weight is 408 g/mol. The van der Waals surface area contributed by atoms with Crippen molar-refractivity contribution >= 4 is 11.9 Å². The Bertz CT molecular complexity index is 826. The number of carbonyl (C=O) groups is 2. The number of ether oxygens (including phenoxy) is 1. The maximum absolute atomic E-state index is 13.1. The van der Waals surface area contributed by atoms with Crippen LogP contribution in [0.5, 0.6) is 0 Å². The molecule has 4 rings (SSSR count). The smallest absolute Gasteiger partial charge is 0.348 e. The van der Waals surface area contributed by atoms with Gasteiger partial charge in [0.25, 0.3) is 5.91 Å². The molecule has 30 heavy (non-hydrogen) atoms. The number of esters is 1. The quantitative estimate of drug-likeness (QED) is 0.769. The van der Waals surface area contributed by atoms with Gasteiger partial charge in [-0.15, -0.1) is 0 Å². The minimum atomic E-state index is -1.96. The summed E-state index contributed by atoms with van der Waals surface area (Å²) in [6.07, 6.45) is 6.76. The first-order valence-electron chi connectivity index (χ1n) is 10.9. The molecule has 158 valence electrons. The number of rotatable bonds is 5. The van der Waals surface area contributed by atoms with Crippen LogP contribution in [0.3, 0.4) is 0 Å². The van der Waals surface area contributed by atoms with Crippen LogP contribution >= 0.6 is 0 Å². The van der Waals surface area contributed by atoms with Crippen molar-refractivity contribution in [1.82, 2.24) is 4.90 Å². The van der Waals surface area contributed by atoms with Crippen LogP contribution < -0.4 is 0 Å². The van der Waals surface area contributed by atoms with Gasteiger partial charge < -0.3 is 14.7 Å². The number of aliphatic hydroxyl groups is 1. The van der Waals surface area contributed by atoms with Crippen LogP contribution in [0.15, 0.2) is 60.7 Å². The molecule has 2 atom stereocenters. The minimum Gasteiger partial charge on any atom is -0.453 e. The first-order valence-corrected chi connectivity index (χ1v) is 10.9. The Morgan fingerprint density at radius 1 is 0.900 bits per heavy atom. The van der Waals surface area contributed by atoms with Crippen molar-refractivity contribution in [2.45, 2.75) is 50.2 Å². The Morgan fingerprint density at radius 3 is 2.10 bits per heavy atom. The molecule has 0 spiro atoms. The highest BCUT2D eigenvalue weighted by Gasteiger charge is 2.42. The van der Waals surface area contributed by atoms with Crippen LogP contribution in [0.4, 0.5) is 0 Å². The van der Waals surface area contributed by atoms with E-state index in [1.54, 1.807) is 48.5 Å². The van der Waals surface area contributed by atoms with E-state index in [0.717, 1.165) is 25.8 Å². The Hall–Kier alpha value is -2.66. The summed E-state index contributed by atoms with van der Waals surface area (Å²) in [7, 11) is 0. The molecule has 0 unspecified atom stereocenters. The van der Waals surface area contributed by atoms with Crippen molar-refractivity contribution in [3.8, 4) is 0 Å². The summed E-state index contributed by atoms with van der Waals surface area (Å²) in [6.45, 7) is 0.378. The van der Waals surface area contributed by atoms with Crippen molar-refractivity contribution in [1.29, 1.82) is 0 Å². The van der Waals surface area contributed by atoms with Crippen LogP contribution in [0, 0.1) is 5.92 Å². The number of benzene rings is 2. The molecule has 0 bridgehead atoms. The molecule has 0 aromatic heterocycles. The van der Waals surface area contributed by atoms with Crippen molar-refractivity contribution in [2.24, 2.45) is 5.92 Å². The molecule has 2 aromatic carbocycles. The fraction of sp³-hybridized carbons (Fsp3) is 0.440. The maximum Gasteiger partial charge on any atom is 0.348 e. The van der Waals surface area contributed by atoms with E-state index in [2.05, 4.69) is 0 Å². The average Bonchev–Trinajstić information content (AvgIpc) is 2.82. The highest BCUT2D eigenvalue weighted by Crippen LogP contribution is 2.35. The summed E-state index contributed by atoms with van der Waals surface area (Å²) in [6, 6.07) is 17.7. The standard InChI is InChI=1S/C25H29NO4/c27-23(26-17-9-11-19-10-7-8-16-22(19)26)18-30-24(28)25(29,20-12-3-1-4-13-20)21-14-5-2-6-15-21/h1-6,12-15,19,22,29H,7-11,16-18H2/t19-,22+/m1/s1. The van der Waals surface area contributed by atoms with E-state index in [1.807, 2.05) is 17.0 Å². The van der Waals surface area contributed by atoms with Gasteiger partial charge in [0, 0.05) is 12.6 Å². The number of amides is 1. The number of piperidine rings is 1. The van der Waals surface area contributed by atoms with Crippen molar-refractivity contribution < 1.29 is 19.4 Å². The molecule has 1 saturated heterocycles. The predicted molar refractivity (Wildman–Crippen MR) is 114 cm³/mol. The van der Waals surface area contributed by atoms with Crippen LogP contribution in [0.1, 0.15) is 49.7 Å². The van der Waals surface area contributed by atoms with Crippen LogP contribution in [-0.2, 0) is 19.9 Å². The van der Waals surface area contributed by atoms with Gasteiger partial charge in [-0.2, -0.15) is 0 Å². The Kier molecular flexibility index (Phi) is 6.18. The summed E-state index contributed by atoms with van der Waals surface area (Å²) < 4.78 is 5.43. The summed E-state index contributed by atoms with van der Waals surface area (Å²) in [5.41, 5.74) is -1.13.